The van der Waals surface area contributed by atoms with Gasteiger partial charge < -0.3 is 14.2 Å². The molecule has 1 N–H and O–H groups in total. The van der Waals surface area contributed by atoms with Crippen LogP contribution >= 0.6 is 0 Å². The maximum absolute atomic E-state index is 13.3. The number of rotatable bonds is 5. The molecule has 0 spiro atoms. The fraction of sp³-hybridized carbons (Fsp3) is 0.280. The van der Waals surface area contributed by atoms with Gasteiger partial charge in [0, 0.05) is 23.6 Å². The second kappa shape index (κ2) is 8.66. The molecule has 2 atom stereocenters. The lowest BCUT2D eigenvalue weighted by Crippen LogP contribution is -2.40. The van der Waals surface area contributed by atoms with Crippen LogP contribution in [0, 0.1) is 12.8 Å². The van der Waals surface area contributed by atoms with Gasteiger partial charge in [0.2, 0.25) is 12.5 Å². The van der Waals surface area contributed by atoms with Crippen molar-refractivity contribution in [1.82, 2.24) is 5.27 Å². The highest BCUT2D eigenvalue weighted by Crippen LogP contribution is 2.42. The number of allylic oxidation sites excluding steroid dienone is 2. The van der Waals surface area contributed by atoms with Crippen molar-refractivity contribution in [2.24, 2.45) is 5.92 Å². The average molecular weight is 463 g/mol. The summed E-state index contributed by atoms with van der Waals surface area (Å²) in [5.41, 5.74) is 2.49. The van der Waals surface area contributed by atoms with E-state index in [-0.39, 0.29) is 25.5 Å². The molecular formula is C25H23N2O7+. The zero-order chi connectivity index (χ0) is 23.8. The first-order valence-corrected chi connectivity index (χ1v) is 11.0. The van der Waals surface area contributed by atoms with E-state index in [0.29, 0.717) is 28.3 Å². The maximum Gasteiger partial charge on any atom is 0.435 e. The smallest absolute Gasteiger partial charge is 0.435 e. The molecule has 0 bridgehead atoms. The summed E-state index contributed by atoms with van der Waals surface area (Å²) in [5.74, 6) is -1.50. The molecule has 2 aliphatic rings. The van der Waals surface area contributed by atoms with Crippen LogP contribution in [0.4, 0.5) is 0 Å². The number of hydrogen-bond acceptors (Lipinski definition) is 7. The number of carbonyl (C=O) groups excluding carboxylic acids is 2. The van der Waals surface area contributed by atoms with Crippen molar-refractivity contribution >= 4 is 17.3 Å². The number of esters is 1. The van der Waals surface area contributed by atoms with Crippen molar-refractivity contribution in [1.29, 1.82) is 0 Å². The van der Waals surface area contributed by atoms with Crippen LogP contribution in [0.1, 0.15) is 36.1 Å². The predicted octanol–water partition coefficient (Wildman–Crippen LogP) is 2.60. The molecule has 0 saturated carbocycles. The molecule has 0 amide bonds. The Morgan fingerprint density at radius 2 is 1.88 bits per heavy atom. The molecule has 1 aromatic heterocycles. The summed E-state index contributed by atoms with van der Waals surface area (Å²) in [6.45, 7) is 3.91. The van der Waals surface area contributed by atoms with Crippen molar-refractivity contribution in [3.8, 4) is 17.2 Å². The minimum absolute atomic E-state index is 0.107. The lowest BCUT2D eigenvalue weighted by atomic mass is 9.74. The zero-order valence-electron chi connectivity index (χ0n) is 18.7. The molecule has 9 nitrogen and oxygen atoms in total. The van der Waals surface area contributed by atoms with Crippen molar-refractivity contribution < 1.29 is 33.0 Å². The van der Waals surface area contributed by atoms with Gasteiger partial charge in [-0.05, 0) is 54.0 Å². The van der Waals surface area contributed by atoms with E-state index in [0.717, 1.165) is 5.56 Å². The standard InChI is InChI=1S/C25H22N2O7/c1-3-31-24(29)22-18(15-6-9-20-21(12-15)33-13-32-20)10-16(11-19(22)28)23-25(30)34-26-27(23)17-7-4-14(2)5-8-17/h4-9,11-12,18,22H,3,10,13H2,1-2H3/p+1. The van der Waals surface area contributed by atoms with Crippen molar-refractivity contribution in [2.45, 2.75) is 26.2 Å². The highest BCUT2D eigenvalue weighted by Gasteiger charge is 2.43. The summed E-state index contributed by atoms with van der Waals surface area (Å²) in [4.78, 5) is 38.7. The Morgan fingerprint density at radius 1 is 1.12 bits per heavy atom. The predicted molar refractivity (Wildman–Crippen MR) is 119 cm³/mol. The number of carbonyl (C=O) groups is 2. The van der Waals surface area contributed by atoms with Gasteiger partial charge in [-0.1, -0.05) is 23.8 Å². The molecule has 0 radical (unpaired) electrons. The van der Waals surface area contributed by atoms with Crippen LogP contribution in [-0.4, -0.2) is 30.4 Å². The maximum atomic E-state index is 13.3. The summed E-state index contributed by atoms with van der Waals surface area (Å²) < 4.78 is 22.7. The van der Waals surface area contributed by atoms with E-state index in [1.807, 2.05) is 31.2 Å². The number of ether oxygens (including phenoxy) is 3. The van der Waals surface area contributed by atoms with Crippen LogP contribution in [0.25, 0.3) is 11.3 Å². The van der Waals surface area contributed by atoms with E-state index >= 15 is 0 Å². The Bertz CT molecular complexity index is 1350. The van der Waals surface area contributed by atoms with E-state index in [1.54, 1.807) is 25.1 Å². The Labute approximate surface area is 194 Å². The SMILES string of the molecule is CCOC(=O)C1C(=O)C=C(c2c(=O)o[nH][n+]2-c2ccc(C)cc2)CC1c1ccc2c(c1)OCO2. The van der Waals surface area contributed by atoms with Gasteiger partial charge in [0.05, 0.1) is 6.61 Å². The van der Waals surface area contributed by atoms with E-state index in [9.17, 15) is 14.4 Å². The minimum atomic E-state index is -1.04. The number of fused-ring (bicyclic) bond motifs is 1. The van der Waals surface area contributed by atoms with Crippen LogP contribution in [0.15, 0.2) is 57.9 Å². The van der Waals surface area contributed by atoms with Gasteiger partial charge in [-0.15, -0.1) is 0 Å². The van der Waals surface area contributed by atoms with E-state index < -0.39 is 29.2 Å². The number of aryl methyl sites for hydroxylation is 1. The number of hydrogen-bond donors (Lipinski definition) is 1. The van der Waals surface area contributed by atoms with Gasteiger partial charge in [0.15, 0.2) is 17.3 Å². The van der Waals surface area contributed by atoms with E-state index in [2.05, 4.69) is 5.27 Å². The fourth-order valence-electron chi connectivity index (χ4n) is 4.43. The molecule has 2 heterocycles. The third kappa shape index (κ3) is 3.79. The molecule has 5 rings (SSSR count). The molecule has 2 aromatic carbocycles. The number of H-pyrrole nitrogens is 1. The van der Waals surface area contributed by atoms with Gasteiger partial charge in [-0.3, -0.25) is 14.1 Å². The summed E-state index contributed by atoms with van der Waals surface area (Å²) in [5, 5.41) is 2.61. The first-order valence-electron chi connectivity index (χ1n) is 11.0. The Balaban J connectivity index is 1.59. The number of aromatic nitrogens is 2. The number of aromatic amines is 1. The highest BCUT2D eigenvalue weighted by atomic mass is 16.7. The van der Waals surface area contributed by atoms with Crippen molar-refractivity contribution in [3.05, 3.63) is 75.8 Å². The monoisotopic (exact) mass is 463 g/mol. The van der Waals surface area contributed by atoms with Crippen LogP contribution < -0.4 is 19.8 Å². The van der Waals surface area contributed by atoms with Gasteiger partial charge in [-0.2, -0.15) is 0 Å². The van der Waals surface area contributed by atoms with Crippen LogP contribution in [-0.2, 0) is 14.3 Å². The first-order chi connectivity index (χ1) is 16.5. The summed E-state index contributed by atoms with van der Waals surface area (Å²) >= 11 is 0. The van der Waals surface area contributed by atoms with Crippen molar-refractivity contribution in [3.63, 3.8) is 0 Å². The molecule has 0 fully saturated rings. The van der Waals surface area contributed by atoms with Gasteiger partial charge in [0.1, 0.15) is 5.92 Å². The van der Waals surface area contributed by atoms with Gasteiger partial charge >= 0.3 is 17.3 Å². The molecule has 1 aliphatic heterocycles. The minimum Gasteiger partial charge on any atom is -0.465 e. The average Bonchev–Trinajstić information content (AvgIpc) is 3.45. The Hall–Kier alpha value is -4.14. The van der Waals surface area contributed by atoms with E-state index in [1.165, 1.54) is 10.8 Å². The number of benzene rings is 2. The molecule has 3 aromatic rings. The third-order valence-electron chi connectivity index (χ3n) is 6.07. The summed E-state index contributed by atoms with van der Waals surface area (Å²) in [6.07, 6.45) is 1.58. The van der Waals surface area contributed by atoms with Crippen LogP contribution in [0.2, 0.25) is 0 Å². The van der Waals surface area contributed by atoms with Gasteiger partial charge in [0.25, 0.3) is 0 Å². The summed E-state index contributed by atoms with van der Waals surface area (Å²) in [6, 6.07) is 12.8. The largest absolute Gasteiger partial charge is 0.465 e. The second-order valence-corrected chi connectivity index (χ2v) is 8.23. The normalized spacial score (nSPS) is 19.1. The number of nitrogens with one attached hydrogen (secondary N) is 1. The first kappa shape index (κ1) is 21.7. The molecule has 9 heteroatoms. The van der Waals surface area contributed by atoms with E-state index in [4.69, 9.17) is 18.7 Å². The summed E-state index contributed by atoms with van der Waals surface area (Å²) in [7, 11) is 0. The molecule has 2 unspecified atom stereocenters. The third-order valence-corrected chi connectivity index (χ3v) is 6.07. The Morgan fingerprint density at radius 3 is 2.65 bits per heavy atom. The number of ketones is 1. The molecule has 174 valence electrons. The molecular weight excluding hydrogens is 440 g/mol. The quantitative estimate of drug-likeness (QED) is 0.352. The lowest BCUT2D eigenvalue weighted by Gasteiger charge is -2.28. The number of nitrogens with zero attached hydrogens (tertiary/aromatic N) is 1. The molecule has 34 heavy (non-hydrogen) atoms. The topological polar surface area (TPSA) is 112 Å². The van der Waals surface area contributed by atoms with Gasteiger partial charge in [-0.25, -0.2) is 4.79 Å². The van der Waals surface area contributed by atoms with Crippen molar-refractivity contribution in [2.75, 3.05) is 13.4 Å². The fourth-order valence-corrected chi connectivity index (χ4v) is 4.43. The van der Waals surface area contributed by atoms with Crippen LogP contribution in [0.3, 0.4) is 0 Å². The highest BCUT2D eigenvalue weighted by molar-refractivity contribution is 6.10. The second-order valence-electron chi connectivity index (χ2n) is 8.23. The molecule has 0 saturated heterocycles. The molecule has 1 aliphatic carbocycles. The van der Waals surface area contributed by atoms with Crippen LogP contribution in [0.5, 0.6) is 11.5 Å². The lowest BCUT2D eigenvalue weighted by molar-refractivity contribution is -0.672. The zero-order valence-corrected chi connectivity index (χ0v) is 18.7. The Kier molecular flexibility index (Phi) is 5.53.